The van der Waals surface area contributed by atoms with Crippen LogP contribution in [0.1, 0.15) is 24.8 Å². The number of hydrogen-bond acceptors (Lipinski definition) is 4. The topological polar surface area (TPSA) is 65.4 Å². The highest BCUT2D eigenvalue weighted by atomic mass is 32.2. The van der Waals surface area contributed by atoms with E-state index < -0.39 is 9.84 Å². The van der Waals surface area contributed by atoms with Gasteiger partial charge in [-0.25, -0.2) is 8.42 Å². The van der Waals surface area contributed by atoms with Crippen molar-refractivity contribution in [3.05, 3.63) is 46.4 Å². The summed E-state index contributed by atoms with van der Waals surface area (Å²) in [6, 6.07) is 6.69. The first kappa shape index (κ1) is 17.7. The van der Waals surface area contributed by atoms with Crippen molar-refractivity contribution in [1.82, 2.24) is 4.57 Å². The molecule has 0 saturated heterocycles. The first-order valence-corrected chi connectivity index (χ1v) is 10.3. The summed E-state index contributed by atoms with van der Waals surface area (Å²) in [6.45, 7) is 2.37. The predicted molar refractivity (Wildman–Crippen MR) is 97.8 cm³/mol. The number of ether oxygens (including phenoxy) is 1. The molecule has 25 heavy (non-hydrogen) atoms. The van der Waals surface area contributed by atoms with Crippen LogP contribution in [0.2, 0.25) is 0 Å². The van der Waals surface area contributed by atoms with Crippen molar-refractivity contribution in [3.63, 3.8) is 0 Å². The monoisotopic (exact) mass is 361 g/mol. The number of aryl methyl sites for hydroxylation is 1. The molecule has 1 saturated carbocycles. The van der Waals surface area contributed by atoms with Gasteiger partial charge >= 0.3 is 0 Å². The lowest BCUT2D eigenvalue weighted by Gasteiger charge is -2.26. The van der Waals surface area contributed by atoms with E-state index in [4.69, 9.17) is 4.74 Å². The molecule has 3 rings (SSSR count). The molecular formula is C19H23NO4S. The summed E-state index contributed by atoms with van der Waals surface area (Å²) in [5.41, 5.74) is 1.83. The van der Waals surface area contributed by atoms with Crippen molar-refractivity contribution < 1.29 is 13.2 Å². The zero-order chi connectivity index (χ0) is 18.2. The number of benzene rings is 1. The van der Waals surface area contributed by atoms with Crippen LogP contribution < -0.4 is 10.3 Å². The van der Waals surface area contributed by atoms with Gasteiger partial charge in [-0.1, -0.05) is 6.42 Å². The Hall–Kier alpha value is -2.08. The Labute approximate surface area is 148 Å². The molecule has 1 aliphatic carbocycles. The summed E-state index contributed by atoms with van der Waals surface area (Å²) in [4.78, 5) is 12.5. The second-order valence-corrected chi connectivity index (χ2v) is 8.82. The predicted octanol–water partition coefficient (Wildman–Crippen LogP) is 2.94. The zero-order valence-electron chi connectivity index (χ0n) is 14.8. The highest BCUT2D eigenvalue weighted by Crippen LogP contribution is 2.35. The highest BCUT2D eigenvalue weighted by Gasteiger charge is 2.20. The molecule has 6 heteroatoms. The summed E-state index contributed by atoms with van der Waals surface area (Å²) in [5.74, 6) is 1.18. The normalized spacial score (nSPS) is 15.0. The Morgan fingerprint density at radius 3 is 2.52 bits per heavy atom. The van der Waals surface area contributed by atoms with Crippen LogP contribution in [0.15, 0.2) is 40.2 Å². The fraction of sp³-hybridized carbons (Fsp3) is 0.421. The summed E-state index contributed by atoms with van der Waals surface area (Å²) >= 11 is 0. The van der Waals surface area contributed by atoms with E-state index in [-0.39, 0.29) is 10.5 Å². The average Bonchev–Trinajstić information content (AvgIpc) is 2.51. The molecule has 0 spiro atoms. The maximum atomic E-state index is 12.3. The van der Waals surface area contributed by atoms with Crippen LogP contribution in [0.5, 0.6) is 5.75 Å². The SMILES string of the molecule is Cc1c(-c2cc(S(C)(=O)=O)ccc2OCC2CCC2)ccn(C)c1=O. The summed E-state index contributed by atoms with van der Waals surface area (Å²) in [5, 5.41) is 0. The first-order chi connectivity index (χ1) is 11.8. The van der Waals surface area contributed by atoms with Crippen LogP contribution >= 0.6 is 0 Å². The Balaban J connectivity index is 2.10. The smallest absolute Gasteiger partial charge is 0.253 e. The Morgan fingerprint density at radius 2 is 1.92 bits per heavy atom. The van der Waals surface area contributed by atoms with Gasteiger partial charge in [-0.05, 0) is 55.5 Å². The molecule has 0 aliphatic heterocycles. The number of aromatic nitrogens is 1. The van der Waals surface area contributed by atoms with Crippen LogP contribution in [0.25, 0.3) is 11.1 Å². The van der Waals surface area contributed by atoms with Gasteiger partial charge in [0.05, 0.1) is 11.5 Å². The van der Waals surface area contributed by atoms with Gasteiger partial charge < -0.3 is 9.30 Å². The molecule has 1 aliphatic rings. The van der Waals surface area contributed by atoms with E-state index >= 15 is 0 Å². The van der Waals surface area contributed by atoms with E-state index in [1.54, 1.807) is 38.4 Å². The fourth-order valence-electron chi connectivity index (χ4n) is 2.99. The number of nitrogens with zero attached hydrogens (tertiary/aromatic N) is 1. The van der Waals surface area contributed by atoms with Gasteiger partial charge in [0.2, 0.25) is 0 Å². The van der Waals surface area contributed by atoms with E-state index in [2.05, 4.69) is 0 Å². The Bertz CT molecular complexity index is 956. The van der Waals surface area contributed by atoms with Crippen molar-refractivity contribution in [1.29, 1.82) is 0 Å². The van der Waals surface area contributed by atoms with Crippen molar-refractivity contribution in [2.45, 2.75) is 31.1 Å². The molecule has 0 unspecified atom stereocenters. The molecule has 0 amide bonds. The van der Waals surface area contributed by atoms with Gasteiger partial charge in [0, 0.05) is 30.6 Å². The minimum atomic E-state index is -3.34. The molecule has 1 heterocycles. The molecule has 0 atom stereocenters. The van der Waals surface area contributed by atoms with Gasteiger partial charge in [-0.3, -0.25) is 4.79 Å². The van der Waals surface area contributed by atoms with Crippen LogP contribution in [0.4, 0.5) is 0 Å². The van der Waals surface area contributed by atoms with Crippen molar-refractivity contribution in [2.75, 3.05) is 12.9 Å². The van der Waals surface area contributed by atoms with Gasteiger partial charge in [-0.2, -0.15) is 0 Å². The third-order valence-corrected chi connectivity index (χ3v) is 5.99. The quantitative estimate of drug-likeness (QED) is 0.821. The first-order valence-electron chi connectivity index (χ1n) is 8.41. The zero-order valence-corrected chi connectivity index (χ0v) is 15.6. The molecule has 1 aromatic heterocycles. The summed E-state index contributed by atoms with van der Waals surface area (Å²) < 4.78 is 31.4. The minimum Gasteiger partial charge on any atom is -0.493 e. The third-order valence-electron chi connectivity index (χ3n) is 4.88. The lowest BCUT2D eigenvalue weighted by Crippen LogP contribution is -2.20. The Morgan fingerprint density at radius 1 is 1.20 bits per heavy atom. The van der Waals surface area contributed by atoms with E-state index in [9.17, 15) is 13.2 Å². The number of rotatable bonds is 5. The van der Waals surface area contributed by atoms with E-state index in [1.165, 1.54) is 30.1 Å². The lowest BCUT2D eigenvalue weighted by atomic mass is 9.86. The second-order valence-electron chi connectivity index (χ2n) is 6.81. The Kier molecular flexibility index (Phi) is 4.73. The molecule has 134 valence electrons. The van der Waals surface area contributed by atoms with Gasteiger partial charge in [0.25, 0.3) is 5.56 Å². The molecule has 2 aromatic rings. The minimum absolute atomic E-state index is 0.104. The van der Waals surface area contributed by atoms with Gasteiger partial charge in [-0.15, -0.1) is 0 Å². The molecule has 0 bridgehead atoms. The number of pyridine rings is 1. The van der Waals surface area contributed by atoms with Gasteiger partial charge in [0.15, 0.2) is 9.84 Å². The summed E-state index contributed by atoms with van der Waals surface area (Å²) in [7, 11) is -1.65. The van der Waals surface area contributed by atoms with E-state index in [0.29, 0.717) is 35.0 Å². The molecular weight excluding hydrogens is 338 g/mol. The standard InChI is InChI=1S/C19H23NO4S/c1-13-16(9-10-20(2)19(13)21)17-11-15(25(3,22)23)7-8-18(17)24-12-14-5-4-6-14/h7-11,14H,4-6,12H2,1-3H3. The second kappa shape index (κ2) is 6.67. The van der Waals surface area contributed by atoms with Crippen LogP contribution in [0.3, 0.4) is 0 Å². The molecule has 0 radical (unpaired) electrons. The molecule has 0 N–H and O–H groups in total. The molecule has 1 fully saturated rings. The highest BCUT2D eigenvalue weighted by molar-refractivity contribution is 7.90. The number of hydrogen-bond donors (Lipinski definition) is 0. The maximum Gasteiger partial charge on any atom is 0.253 e. The van der Waals surface area contributed by atoms with Crippen LogP contribution in [-0.4, -0.2) is 25.8 Å². The number of sulfone groups is 1. The third kappa shape index (κ3) is 3.63. The molecule has 5 nitrogen and oxygen atoms in total. The molecule has 1 aromatic carbocycles. The van der Waals surface area contributed by atoms with E-state index in [1.807, 2.05) is 6.07 Å². The lowest BCUT2D eigenvalue weighted by molar-refractivity contribution is 0.181. The van der Waals surface area contributed by atoms with Crippen molar-refractivity contribution in [2.24, 2.45) is 13.0 Å². The van der Waals surface area contributed by atoms with Crippen molar-refractivity contribution >= 4 is 9.84 Å². The average molecular weight is 361 g/mol. The van der Waals surface area contributed by atoms with Gasteiger partial charge in [0.1, 0.15) is 5.75 Å². The fourth-order valence-corrected chi connectivity index (χ4v) is 3.64. The maximum absolute atomic E-state index is 12.3. The van der Waals surface area contributed by atoms with Crippen LogP contribution in [0, 0.1) is 12.8 Å². The largest absolute Gasteiger partial charge is 0.493 e. The van der Waals surface area contributed by atoms with Crippen molar-refractivity contribution in [3.8, 4) is 16.9 Å². The summed E-state index contributed by atoms with van der Waals surface area (Å²) in [6.07, 6.45) is 6.44. The van der Waals surface area contributed by atoms with E-state index in [0.717, 1.165) is 0 Å². The van der Waals surface area contributed by atoms with Crippen LogP contribution in [-0.2, 0) is 16.9 Å².